The lowest BCUT2D eigenvalue weighted by molar-refractivity contribution is -0.161. The molecule has 3 atom stereocenters. The third-order valence-electron chi connectivity index (χ3n) is 5.49. The van der Waals surface area contributed by atoms with Crippen molar-refractivity contribution < 1.29 is 50.0 Å². The fraction of sp³-hybridized carbons (Fsp3) is 0.368. The zero-order valence-corrected chi connectivity index (χ0v) is 15.5. The van der Waals surface area contributed by atoms with E-state index in [2.05, 4.69) is 0 Å². The number of hydrogen-bond acceptors (Lipinski definition) is 10. The van der Waals surface area contributed by atoms with Gasteiger partial charge in [0.2, 0.25) is 11.5 Å². The SMILES string of the molecule is COCc1c(O)c(O)c(O)c2c1CO[C@H]2[C@H]1O[C@H](O)c2c(C)c(O)c(O)c(O)c21. The van der Waals surface area contributed by atoms with Gasteiger partial charge >= 0.3 is 0 Å². The van der Waals surface area contributed by atoms with Crippen molar-refractivity contribution in [3.63, 3.8) is 0 Å². The van der Waals surface area contributed by atoms with E-state index in [0.717, 1.165) is 0 Å². The molecular formula is C19H20O10. The molecule has 29 heavy (non-hydrogen) atoms. The number of phenols is 6. The quantitative estimate of drug-likeness (QED) is 0.371. The number of aromatic hydroxyl groups is 6. The minimum absolute atomic E-state index is 0.0107. The van der Waals surface area contributed by atoms with E-state index in [1.54, 1.807) is 0 Å². The first-order valence-corrected chi connectivity index (χ1v) is 8.70. The van der Waals surface area contributed by atoms with E-state index in [9.17, 15) is 35.7 Å². The molecule has 0 unspecified atom stereocenters. The number of hydrogen-bond donors (Lipinski definition) is 7. The molecule has 0 spiro atoms. The predicted octanol–water partition coefficient (Wildman–Crippen LogP) is 1.71. The van der Waals surface area contributed by atoms with Crippen LogP contribution in [0.1, 0.15) is 51.9 Å². The van der Waals surface area contributed by atoms with Gasteiger partial charge < -0.3 is 50.0 Å². The van der Waals surface area contributed by atoms with E-state index < -0.39 is 53.0 Å². The molecule has 0 amide bonds. The number of aliphatic hydroxyl groups is 1. The normalized spacial score (nSPS) is 22.7. The van der Waals surface area contributed by atoms with Gasteiger partial charge in [0.15, 0.2) is 29.3 Å². The van der Waals surface area contributed by atoms with Crippen LogP contribution in [-0.4, -0.2) is 42.9 Å². The number of methoxy groups -OCH3 is 1. The summed E-state index contributed by atoms with van der Waals surface area (Å²) in [5, 5.41) is 71.5. The molecule has 0 bridgehead atoms. The topological polar surface area (TPSA) is 169 Å². The number of aliphatic hydroxyl groups excluding tert-OH is 1. The lowest BCUT2D eigenvalue weighted by Crippen LogP contribution is -2.11. The van der Waals surface area contributed by atoms with Gasteiger partial charge in [0.1, 0.15) is 12.2 Å². The summed E-state index contributed by atoms with van der Waals surface area (Å²) in [6.45, 7) is 1.29. The number of benzene rings is 2. The molecule has 0 saturated heterocycles. The molecule has 0 radical (unpaired) electrons. The zero-order valence-electron chi connectivity index (χ0n) is 15.5. The number of rotatable bonds is 3. The van der Waals surface area contributed by atoms with Crippen LogP contribution in [0.2, 0.25) is 0 Å². The fourth-order valence-electron chi connectivity index (χ4n) is 4.08. The van der Waals surface area contributed by atoms with Crippen LogP contribution >= 0.6 is 0 Å². The van der Waals surface area contributed by atoms with Crippen molar-refractivity contribution in [2.45, 2.75) is 38.6 Å². The molecule has 2 aliphatic rings. The van der Waals surface area contributed by atoms with Crippen molar-refractivity contribution in [2.75, 3.05) is 7.11 Å². The lowest BCUT2D eigenvalue weighted by Gasteiger charge is -2.22. The lowest BCUT2D eigenvalue weighted by atomic mass is 9.90. The van der Waals surface area contributed by atoms with E-state index in [0.29, 0.717) is 5.56 Å². The van der Waals surface area contributed by atoms with Crippen molar-refractivity contribution in [3.8, 4) is 34.5 Å². The molecule has 0 saturated carbocycles. The van der Waals surface area contributed by atoms with Crippen LogP contribution in [0.3, 0.4) is 0 Å². The molecule has 10 nitrogen and oxygen atoms in total. The Morgan fingerprint density at radius 3 is 2.10 bits per heavy atom. The number of fused-ring (bicyclic) bond motifs is 2. The second-order valence-corrected chi connectivity index (χ2v) is 6.99. The monoisotopic (exact) mass is 408 g/mol. The van der Waals surface area contributed by atoms with Crippen LogP contribution < -0.4 is 0 Å². The Morgan fingerprint density at radius 2 is 1.45 bits per heavy atom. The van der Waals surface area contributed by atoms with Crippen molar-refractivity contribution in [1.82, 2.24) is 0 Å². The van der Waals surface area contributed by atoms with Crippen LogP contribution in [0.25, 0.3) is 0 Å². The molecule has 2 aliphatic heterocycles. The minimum atomic E-state index is -1.54. The summed E-state index contributed by atoms with van der Waals surface area (Å²) in [5.74, 6) is -4.00. The molecule has 156 valence electrons. The summed E-state index contributed by atoms with van der Waals surface area (Å²) in [4.78, 5) is 0. The molecule has 7 N–H and O–H groups in total. The second-order valence-electron chi connectivity index (χ2n) is 6.99. The standard InChI is InChI=1S/C19H20O10/c1-5-8-10(14(23)15(24)11(5)20)18(29-19(8)26)17-9-6(4-28-17)7(3-27-2)12(21)16(25)13(9)22/h17-26H,3-4H2,1-2H3/t17-,18+,19+/m1/s1. The highest BCUT2D eigenvalue weighted by molar-refractivity contribution is 5.66. The third-order valence-corrected chi connectivity index (χ3v) is 5.49. The molecular weight excluding hydrogens is 388 g/mol. The van der Waals surface area contributed by atoms with Crippen molar-refractivity contribution >= 4 is 0 Å². The summed E-state index contributed by atoms with van der Waals surface area (Å²) in [5.41, 5.74) is 0.856. The van der Waals surface area contributed by atoms with Gasteiger partial charge in [-0.25, -0.2) is 0 Å². The van der Waals surface area contributed by atoms with Crippen LogP contribution in [0.5, 0.6) is 34.5 Å². The molecule has 2 aromatic rings. The Balaban J connectivity index is 1.91. The average molecular weight is 408 g/mol. The van der Waals surface area contributed by atoms with Crippen LogP contribution in [0.15, 0.2) is 0 Å². The van der Waals surface area contributed by atoms with Crippen LogP contribution in [-0.2, 0) is 27.4 Å². The predicted molar refractivity (Wildman–Crippen MR) is 94.6 cm³/mol. The highest BCUT2D eigenvalue weighted by atomic mass is 16.6. The molecule has 2 aromatic carbocycles. The van der Waals surface area contributed by atoms with Gasteiger partial charge in [0, 0.05) is 34.9 Å². The van der Waals surface area contributed by atoms with Gasteiger partial charge in [-0.15, -0.1) is 0 Å². The van der Waals surface area contributed by atoms with E-state index in [-0.39, 0.29) is 41.0 Å². The van der Waals surface area contributed by atoms with Crippen molar-refractivity contribution in [1.29, 1.82) is 0 Å². The Kier molecular flexibility index (Phi) is 4.39. The molecule has 0 aliphatic carbocycles. The Morgan fingerprint density at radius 1 is 0.828 bits per heavy atom. The first-order valence-electron chi connectivity index (χ1n) is 8.70. The largest absolute Gasteiger partial charge is 0.504 e. The van der Waals surface area contributed by atoms with Gasteiger partial charge in [-0.2, -0.15) is 0 Å². The van der Waals surface area contributed by atoms with E-state index in [1.165, 1.54) is 14.0 Å². The minimum Gasteiger partial charge on any atom is -0.504 e. The van der Waals surface area contributed by atoms with Gasteiger partial charge in [-0.05, 0) is 12.5 Å². The third kappa shape index (κ3) is 2.50. The molecule has 2 heterocycles. The number of phenolic OH excluding ortho intramolecular Hbond substituents is 6. The molecule has 10 heteroatoms. The first-order chi connectivity index (χ1) is 13.7. The Labute approximate surface area is 164 Å². The summed E-state index contributed by atoms with van der Waals surface area (Å²) in [7, 11) is 1.39. The van der Waals surface area contributed by atoms with E-state index >= 15 is 0 Å². The summed E-state index contributed by atoms with van der Waals surface area (Å²) < 4.78 is 16.3. The van der Waals surface area contributed by atoms with Crippen molar-refractivity contribution in [3.05, 3.63) is 33.4 Å². The maximum atomic E-state index is 10.5. The van der Waals surface area contributed by atoms with E-state index in [1.807, 2.05) is 0 Å². The zero-order chi connectivity index (χ0) is 21.2. The van der Waals surface area contributed by atoms with Gasteiger partial charge in [0.25, 0.3) is 0 Å². The Hall–Kier alpha value is -2.92. The van der Waals surface area contributed by atoms with Gasteiger partial charge in [-0.3, -0.25) is 0 Å². The average Bonchev–Trinajstić information content (AvgIpc) is 3.27. The molecule has 0 fully saturated rings. The fourth-order valence-corrected chi connectivity index (χ4v) is 4.08. The maximum absolute atomic E-state index is 10.5. The highest BCUT2D eigenvalue weighted by Gasteiger charge is 2.47. The van der Waals surface area contributed by atoms with Gasteiger partial charge in [-0.1, -0.05) is 0 Å². The van der Waals surface area contributed by atoms with Gasteiger partial charge in [0.05, 0.1) is 13.2 Å². The first kappa shape index (κ1) is 19.4. The van der Waals surface area contributed by atoms with E-state index in [4.69, 9.17) is 14.2 Å². The summed E-state index contributed by atoms with van der Waals surface area (Å²) in [6, 6.07) is 0. The second kappa shape index (κ2) is 6.56. The molecule has 0 aromatic heterocycles. The Bertz CT molecular complexity index is 1020. The number of ether oxygens (including phenoxy) is 3. The molecule has 4 rings (SSSR count). The smallest absolute Gasteiger partial charge is 0.201 e. The highest BCUT2D eigenvalue weighted by Crippen LogP contribution is 2.60. The summed E-state index contributed by atoms with van der Waals surface area (Å²) in [6.07, 6.45) is -3.82. The van der Waals surface area contributed by atoms with Crippen molar-refractivity contribution in [2.24, 2.45) is 0 Å². The van der Waals surface area contributed by atoms with Crippen LogP contribution in [0, 0.1) is 6.92 Å². The maximum Gasteiger partial charge on any atom is 0.201 e. The summed E-state index contributed by atoms with van der Waals surface area (Å²) >= 11 is 0. The van der Waals surface area contributed by atoms with Crippen LogP contribution in [0.4, 0.5) is 0 Å².